The van der Waals surface area contributed by atoms with Crippen molar-refractivity contribution in [2.75, 3.05) is 6.54 Å². The number of nitrogens with two attached hydrogens (primary N) is 3. The van der Waals surface area contributed by atoms with Gasteiger partial charge in [0.15, 0.2) is 0 Å². The van der Waals surface area contributed by atoms with Crippen LogP contribution in [0.2, 0.25) is 0 Å². The predicted octanol–water partition coefficient (Wildman–Crippen LogP) is 4.65. The smallest absolute Gasteiger partial charge is 0.243 e. The number of para-hydroxylation sites is 1. The summed E-state index contributed by atoms with van der Waals surface area (Å²) in [5.41, 5.74) is 21.2. The normalized spacial score (nSPS) is 23.1. The van der Waals surface area contributed by atoms with Crippen LogP contribution < -0.4 is 38.5 Å². The van der Waals surface area contributed by atoms with Gasteiger partial charge in [0.2, 0.25) is 29.5 Å². The summed E-state index contributed by atoms with van der Waals surface area (Å²) in [6, 6.07) is 20.6. The Labute approximate surface area is 372 Å². The van der Waals surface area contributed by atoms with E-state index in [2.05, 4.69) is 26.3 Å². The van der Waals surface area contributed by atoms with E-state index in [0.29, 0.717) is 44.1 Å². The fourth-order valence-corrected chi connectivity index (χ4v) is 12.3. The van der Waals surface area contributed by atoms with Crippen LogP contribution in [0.5, 0.6) is 0 Å². The van der Waals surface area contributed by atoms with Gasteiger partial charge >= 0.3 is 0 Å². The Morgan fingerprint density at radius 3 is 1.98 bits per heavy atom. The SMILES string of the molecule is NCCCC[C@@H](NC(=O)[C@H](Cc1ccccc1)NC(=O)[C@@H](Cc1c[nH]c2ccccc12)NC(=O)[C@@H](Cc1csc2ccccc12)NC(=O)CC12CC3CC(CC(N)(C3)C1)C2)C(N)=O. The fourth-order valence-electron chi connectivity index (χ4n) is 11.3. The minimum Gasteiger partial charge on any atom is -0.368 e. The molecule has 2 heterocycles. The second-order valence-electron chi connectivity index (χ2n) is 18.7. The summed E-state index contributed by atoms with van der Waals surface area (Å²) in [4.78, 5) is 73.7. The molecule has 14 heteroatoms. The highest BCUT2D eigenvalue weighted by atomic mass is 32.1. The van der Waals surface area contributed by atoms with Gasteiger partial charge in [0, 0.05) is 53.0 Å². The van der Waals surface area contributed by atoms with Crippen molar-refractivity contribution in [2.45, 2.75) is 113 Å². The molecule has 9 rings (SSSR count). The monoisotopic (exact) mass is 872 g/mol. The molecule has 4 bridgehead atoms. The van der Waals surface area contributed by atoms with Crippen LogP contribution in [0.4, 0.5) is 0 Å². The van der Waals surface area contributed by atoms with E-state index in [0.717, 1.165) is 69.8 Å². The third-order valence-corrected chi connectivity index (χ3v) is 14.7. The number of nitrogens with one attached hydrogen (secondary N) is 5. The minimum atomic E-state index is -1.17. The summed E-state index contributed by atoms with van der Waals surface area (Å²) in [5.74, 6) is -1.54. The predicted molar refractivity (Wildman–Crippen MR) is 246 cm³/mol. The molecule has 63 heavy (non-hydrogen) atoms. The van der Waals surface area contributed by atoms with Crippen molar-refractivity contribution < 1.29 is 24.0 Å². The Morgan fingerprint density at radius 1 is 0.698 bits per heavy atom. The lowest BCUT2D eigenvalue weighted by atomic mass is 9.46. The third-order valence-electron chi connectivity index (χ3n) is 13.7. The van der Waals surface area contributed by atoms with Crippen LogP contribution in [0.3, 0.4) is 0 Å². The van der Waals surface area contributed by atoms with Gasteiger partial charge in [-0.1, -0.05) is 66.7 Å². The van der Waals surface area contributed by atoms with Gasteiger partial charge in [-0.2, -0.15) is 0 Å². The summed E-state index contributed by atoms with van der Waals surface area (Å²) in [6.07, 6.45) is 9.98. The Hall–Kier alpha value is -5.57. The number of H-pyrrole nitrogens is 1. The van der Waals surface area contributed by atoms with Crippen molar-refractivity contribution in [3.8, 4) is 0 Å². The largest absolute Gasteiger partial charge is 0.368 e. The van der Waals surface area contributed by atoms with Crippen molar-refractivity contribution in [1.82, 2.24) is 26.3 Å². The average Bonchev–Trinajstić information content (AvgIpc) is 3.85. The van der Waals surface area contributed by atoms with Crippen LogP contribution in [0.1, 0.15) is 80.9 Å². The van der Waals surface area contributed by atoms with Gasteiger partial charge in [-0.25, -0.2) is 0 Å². The van der Waals surface area contributed by atoms with E-state index < -0.39 is 47.8 Å². The van der Waals surface area contributed by atoms with Gasteiger partial charge < -0.3 is 43.5 Å². The maximum Gasteiger partial charge on any atom is 0.243 e. The van der Waals surface area contributed by atoms with Gasteiger partial charge in [-0.3, -0.25) is 24.0 Å². The van der Waals surface area contributed by atoms with Gasteiger partial charge in [-0.05, 0) is 121 Å². The van der Waals surface area contributed by atoms with Crippen LogP contribution in [0.15, 0.2) is 90.4 Å². The molecule has 0 spiro atoms. The minimum absolute atomic E-state index is 0.0801. The van der Waals surface area contributed by atoms with E-state index in [1.165, 1.54) is 6.42 Å². The quantitative estimate of drug-likeness (QED) is 0.0516. The highest BCUT2D eigenvalue weighted by Gasteiger charge is 2.56. The molecule has 5 aromatic rings. The number of fused-ring (bicyclic) bond motifs is 2. The summed E-state index contributed by atoms with van der Waals surface area (Å²) in [5, 5.41) is 15.8. The van der Waals surface area contributed by atoms with Crippen molar-refractivity contribution in [1.29, 1.82) is 0 Å². The number of hydrogen-bond acceptors (Lipinski definition) is 8. The van der Waals surface area contributed by atoms with E-state index in [1.54, 1.807) is 11.3 Å². The Balaban J connectivity index is 1.07. The number of rotatable bonds is 20. The number of hydrogen-bond donors (Lipinski definition) is 8. The standard InChI is InChI=1S/C49H60N8O5S/c50-17-9-8-15-38(44(51)59)55-45(60)39(19-30-10-2-1-3-11-30)56-47(62)41(20-33-27-53-37-14-6-4-12-35(33)37)57-46(61)40(21-34-28-63-42-16-7-5-13-36(34)42)54-43(58)26-48-22-31-18-32(23-48)25-49(52,24-31)29-48/h1-7,10-14,16,27-28,31-32,38-41,53H,8-9,15,17-26,29,50,52H2,(H2,51,59)(H,54,58)(H,55,60)(H,56,62)(H,57,61)/t31?,32?,38-,39+,40-,41-,48?,49?/m1/s1. The Kier molecular flexibility index (Phi) is 13.3. The number of amides is 5. The first-order chi connectivity index (χ1) is 30.4. The molecule has 4 aliphatic rings. The van der Waals surface area contributed by atoms with Crippen LogP contribution >= 0.6 is 11.3 Å². The molecule has 3 aromatic carbocycles. The third kappa shape index (κ3) is 10.5. The highest BCUT2D eigenvalue weighted by Crippen LogP contribution is 2.62. The molecule has 4 saturated carbocycles. The summed E-state index contributed by atoms with van der Waals surface area (Å²) < 4.78 is 1.07. The van der Waals surface area contributed by atoms with Gasteiger partial charge in [0.05, 0.1) is 0 Å². The fraction of sp³-hybridized carbons (Fsp3) is 0.449. The topological polar surface area (TPSA) is 227 Å². The lowest BCUT2D eigenvalue weighted by molar-refractivity contribution is -0.136. The number of benzene rings is 3. The molecule has 2 aromatic heterocycles. The molecule has 5 amide bonds. The summed E-state index contributed by atoms with van der Waals surface area (Å²) in [6.45, 7) is 0.431. The van der Waals surface area contributed by atoms with Gasteiger partial charge in [-0.15, -0.1) is 11.3 Å². The molecule has 2 unspecified atom stereocenters. The van der Waals surface area contributed by atoms with Gasteiger partial charge in [0.1, 0.15) is 24.2 Å². The maximum absolute atomic E-state index is 14.8. The van der Waals surface area contributed by atoms with Crippen molar-refractivity contribution in [2.24, 2.45) is 34.5 Å². The molecular formula is C49H60N8O5S. The lowest BCUT2D eigenvalue weighted by Gasteiger charge is -2.61. The summed E-state index contributed by atoms with van der Waals surface area (Å²) >= 11 is 1.58. The Morgan fingerprint density at radius 2 is 1.30 bits per heavy atom. The number of carbonyl (C=O) groups excluding carboxylic acids is 5. The summed E-state index contributed by atoms with van der Waals surface area (Å²) in [7, 11) is 0. The first-order valence-electron chi connectivity index (χ1n) is 22.4. The molecule has 0 saturated heterocycles. The number of unbranched alkanes of at least 4 members (excludes halogenated alkanes) is 1. The molecule has 4 fully saturated rings. The zero-order chi connectivity index (χ0) is 44.1. The zero-order valence-electron chi connectivity index (χ0n) is 35.7. The number of aromatic amines is 1. The van der Waals surface area contributed by atoms with Crippen LogP contribution in [0.25, 0.3) is 21.0 Å². The molecule has 11 N–H and O–H groups in total. The molecular weight excluding hydrogens is 813 g/mol. The number of aromatic nitrogens is 1. The molecule has 13 nitrogen and oxygen atoms in total. The number of thiophene rings is 1. The van der Waals surface area contributed by atoms with Crippen molar-refractivity contribution >= 4 is 61.9 Å². The highest BCUT2D eigenvalue weighted by molar-refractivity contribution is 7.17. The van der Waals surface area contributed by atoms with E-state index in [4.69, 9.17) is 17.2 Å². The lowest BCUT2D eigenvalue weighted by Crippen LogP contribution is -2.61. The van der Waals surface area contributed by atoms with Gasteiger partial charge in [0.25, 0.3) is 0 Å². The Bertz CT molecular complexity index is 2430. The van der Waals surface area contributed by atoms with E-state index >= 15 is 0 Å². The second kappa shape index (κ2) is 19.0. The molecule has 332 valence electrons. The second-order valence-corrected chi connectivity index (χ2v) is 19.6. The maximum atomic E-state index is 14.8. The average molecular weight is 873 g/mol. The number of primary amides is 1. The van der Waals surface area contributed by atoms with E-state index in [-0.39, 0.29) is 36.1 Å². The van der Waals surface area contributed by atoms with Crippen LogP contribution in [-0.2, 0) is 43.2 Å². The number of carbonyl (C=O) groups is 5. The molecule has 6 atom stereocenters. The molecule has 0 radical (unpaired) electrons. The van der Waals surface area contributed by atoms with Crippen LogP contribution in [-0.4, -0.2) is 70.8 Å². The first kappa shape index (κ1) is 44.1. The van der Waals surface area contributed by atoms with Crippen LogP contribution in [0, 0.1) is 17.3 Å². The zero-order valence-corrected chi connectivity index (χ0v) is 36.5. The van der Waals surface area contributed by atoms with Crippen molar-refractivity contribution in [3.05, 3.63) is 107 Å². The van der Waals surface area contributed by atoms with E-state index in [9.17, 15) is 24.0 Å². The molecule has 4 aliphatic carbocycles. The first-order valence-corrected chi connectivity index (χ1v) is 23.3. The molecule has 0 aliphatic heterocycles. The van der Waals surface area contributed by atoms with E-state index in [1.807, 2.05) is 90.4 Å². The van der Waals surface area contributed by atoms with Crippen molar-refractivity contribution in [3.63, 3.8) is 0 Å².